The van der Waals surface area contributed by atoms with Crippen molar-refractivity contribution in [3.8, 4) is 0 Å². The van der Waals surface area contributed by atoms with Gasteiger partial charge in [-0.25, -0.2) is 4.39 Å². The second-order valence-corrected chi connectivity index (χ2v) is 4.99. The number of thiocarbonyl (C=S) groups is 1. The Morgan fingerprint density at radius 2 is 1.86 bits per heavy atom. The molecule has 0 aliphatic carbocycles. The Hall–Kier alpha value is -2.53. The Morgan fingerprint density at radius 3 is 2.67 bits per heavy atom. The van der Waals surface area contributed by atoms with E-state index in [4.69, 9.17) is 18.0 Å². The first kappa shape index (κ1) is 13.5. The molecule has 1 aromatic heterocycles. The molecule has 0 aliphatic rings. The van der Waals surface area contributed by atoms with Crippen molar-refractivity contribution in [3.63, 3.8) is 0 Å². The molecule has 104 valence electrons. The number of nitrogens with one attached hydrogen (secondary N) is 1. The van der Waals surface area contributed by atoms with Gasteiger partial charge in [0.1, 0.15) is 10.8 Å². The SMILES string of the molecule is NC(=S)c1c(F)cccc1Nc1cccc2ccncc12. The minimum atomic E-state index is -0.439. The van der Waals surface area contributed by atoms with Crippen LogP contribution < -0.4 is 11.1 Å². The highest BCUT2D eigenvalue weighted by Gasteiger charge is 2.12. The molecule has 0 radical (unpaired) electrons. The van der Waals surface area contributed by atoms with E-state index in [1.807, 2.05) is 24.3 Å². The summed E-state index contributed by atoms with van der Waals surface area (Å²) in [4.78, 5) is 4.15. The maximum Gasteiger partial charge on any atom is 0.135 e. The van der Waals surface area contributed by atoms with Crippen LogP contribution >= 0.6 is 12.2 Å². The van der Waals surface area contributed by atoms with Gasteiger partial charge in [0.15, 0.2) is 0 Å². The maximum atomic E-state index is 13.9. The molecular weight excluding hydrogens is 285 g/mol. The zero-order chi connectivity index (χ0) is 14.8. The van der Waals surface area contributed by atoms with Gasteiger partial charge in [0, 0.05) is 23.5 Å². The van der Waals surface area contributed by atoms with Gasteiger partial charge in [-0.1, -0.05) is 30.4 Å². The number of hydrogen-bond donors (Lipinski definition) is 2. The lowest BCUT2D eigenvalue weighted by Gasteiger charge is -2.13. The quantitative estimate of drug-likeness (QED) is 0.723. The van der Waals surface area contributed by atoms with Crippen LogP contribution in [0, 0.1) is 5.82 Å². The molecule has 0 bridgehead atoms. The fourth-order valence-electron chi connectivity index (χ4n) is 2.25. The second kappa shape index (κ2) is 5.46. The minimum Gasteiger partial charge on any atom is -0.389 e. The molecule has 0 aliphatic heterocycles. The minimum absolute atomic E-state index is 0.0222. The molecule has 1 heterocycles. The summed E-state index contributed by atoms with van der Waals surface area (Å²) in [5.41, 5.74) is 7.20. The van der Waals surface area contributed by atoms with Crippen LogP contribution in [0.4, 0.5) is 15.8 Å². The van der Waals surface area contributed by atoms with Crippen LogP contribution in [-0.4, -0.2) is 9.97 Å². The van der Waals surface area contributed by atoms with Crippen molar-refractivity contribution in [3.05, 3.63) is 66.2 Å². The van der Waals surface area contributed by atoms with E-state index in [-0.39, 0.29) is 10.6 Å². The molecule has 3 N–H and O–H groups in total. The highest BCUT2D eigenvalue weighted by atomic mass is 32.1. The summed E-state index contributed by atoms with van der Waals surface area (Å²) in [6.45, 7) is 0. The predicted octanol–water partition coefficient (Wildman–Crippen LogP) is 3.75. The zero-order valence-electron chi connectivity index (χ0n) is 11.0. The van der Waals surface area contributed by atoms with Gasteiger partial charge < -0.3 is 11.1 Å². The number of anilines is 2. The van der Waals surface area contributed by atoms with Crippen LogP contribution in [0.2, 0.25) is 0 Å². The van der Waals surface area contributed by atoms with Crippen molar-refractivity contribution >= 4 is 39.4 Å². The normalized spacial score (nSPS) is 10.5. The smallest absolute Gasteiger partial charge is 0.135 e. The Kier molecular flexibility index (Phi) is 3.50. The first-order valence-electron chi connectivity index (χ1n) is 6.35. The van der Waals surface area contributed by atoms with Gasteiger partial charge in [-0.2, -0.15) is 0 Å². The van der Waals surface area contributed by atoms with E-state index >= 15 is 0 Å². The van der Waals surface area contributed by atoms with Crippen molar-refractivity contribution in [2.24, 2.45) is 5.73 Å². The number of rotatable bonds is 3. The van der Waals surface area contributed by atoms with Crippen LogP contribution in [0.15, 0.2) is 54.9 Å². The average molecular weight is 297 g/mol. The molecule has 3 aromatic rings. The lowest BCUT2D eigenvalue weighted by atomic mass is 10.1. The van der Waals surface area contributed by atoms with E-state index in [9.17, 15) is 4.39 Å². The van der Waals surface area contributed by atoms with Crippen molar-refractivity contribution in [1.82, 2.24) is 4.98 Å². The Labute approximate surface area is 126 Å². The van der Waals surface area contributed by atoms with E-state index in [0.717, 1.165) is 16.5 Å². The van der Waals surface area contributed by atoms with Gasteiger partial charge in [0.05, 0.1) is 11.3 Å². The average Bonchev–Trinajstić information content (AvgIpc) is 2.47. The van der Waals surface area contributed by atoms with Gasteiger partial charge in [0.25, 0.3) is 0 Å². The van der Waals surface area contributed by atoms with Crippen molar-refractivity contribution in [2.75, 3.05) is 5.32 Å². The highest BCUT2D eigenvalue weighted by Crippen LogP contribution is 2.28. The summed E-state index contributed by atoms with van der Waals surface area (Å²) < 4.78 is 13.9. The third-order valence-electron chi connectivity index (χ3n) is 3.21. The second-order valence-electron chi connectivity index (χ2n) is 4.55. The maximum absolute atomic E-state index is 13.9. The third-order valence-corrected chi connectivity index (χ3v) is 3.42. The number of hydrogen-bond acceptors (Lipinski definition) is 3. The molecule has 0 saturated heterocycles. The van der Waals surface area contributed by atoms with Crippen LogP contribution in [0.25, 0.3) is 10.8 Å². The van der Waals surface area contributed by atoms with Gasteiger partial charge in [0.2, 0.25) is 0 Å². The van der Waals surface area contributed by atoms with Crippen LogP contribution in [0.5, 0.6) is 0 Å². The molecule has 3 rings (SSSR count). The van der Waals surface area contributed by atoms with Crippen molar-refractivity contribution in [1.29, 1.82) is 0 Å². The Bertz CT molecular complexity index is 827. The molecule has 5 heteroatoms. The van der Waals surface area contributed by atoms with E-state index in [1.54, 1.807) is 24.5 Å². The topological polar surface area (TPSA) is 50.9 Å². The molecular formula is C16H12FN3S. The van der Waals surface area contributed by atoms with E-state index in [2.05, 4.69) is 10.3 Å². The van der Waals surface area contributed by atoms with Gasteiger partial charge in [-0.15, -0.1) is 0 Å². The molecule has 0 saturated carbocycles. The summed E-state index contributed by atoms with van der Waals surface area (Å²) >= 11 is 4.93. The summed E-state index contributed by atoms with van der Waals surface area (Å²) in [5.74, 6) is -0.439. The zero-order valence-corrected chi connectivity index (χ0v) is 11.8. The monoisotopic (exact) mass is 297 g/mol. The highest BCUT2D eigenvalue weighted by molar-refractivity contribution is 7.80. The molecule has 0 fully saturated rings. The number of aromatic nitrogens is 1. The number of pyridine rings is 1. The Balaban J connectivity index is 2.12. The van der Waals surface area contributed by atoms with E-state index < -0.39 is 5.82 Å². The largest absolute Gasteiger partial charge is 0.389 e. The lowest BCUT2D eigenvalue weighted by Crippen LogP contribution is -2.14. The fourth-order valence-corrected chi connectivity index (χ4v) is 2.45. The molecule has 0 atom stereocenters. The third kappa shape index (κ3) is 2.55. The Morgan fingerprint density at radius 1 is 1.10 bits per heavy atom. The summed E-state index contributed by atoms with van der Waals surface area (Å²) in [6.07, 6.45) is 3.49. The lowest BCUT2D eigenvalue weighted by molar-refractivity contribution is 0.626. The molecule has 3 nitrogen and oxygen atoms in total. The molecule has 21 heavy (non-hydrogen) atoms. The van der Waals surface area contributed by atoms with Crippen LogP contribution in [0.3, 0.4) is 0 Å². The summed E-state index contributed by atoms with van der Waals surface area (Å²) in [7, 11) is 0. The first-order chi connectivity index (χ1) is 10.2. The van der Waals surface area contributed by atoms with Crippen molar-refractivity contribution < 1.29 is 4.39 Å². The summed E-state index contributed by atoms with van der Waals surface area (Å²) in [6, 6.07) is 12.4. The van der Waals surface area contributed by atoms with E-state index in [1.165, 1.54) is 6.07 Å². The number of nitrogens with two attached hydrogens (primary N) is 1. The fraction of sp³-hybridized carbons (Fsp3) is 0. The molecule has 0 amide bonds. The van der Waals surface area contributed by atoms with Gasteiger partial charge in [-0.3, -0.25) is 4.98 Å². The number of nitrogens with zero attached hydrogens (tertiary/aromatic N) is 1. The molecule has 2 aromatic carbocycles. The number of benzene rings is 2. The van der Waals surface area contributed by atoms with Crippen molar-refractivity contribution in [2.45, 2.75) is 0 Å². The predicted molar refractivity (Wildman–Crippen MR) is 87.3 cm³/mol. The summed E-state index contributed by atoms with van der Waals surface area (Å²) in [5, 5.41) is 5.18. The van der Waals surface area contributed by atoms with Crippen LogP contribution in [-0.2, 0) is 0 Å². The molecule has 0 spiro atoms. The first-order valence-corrected chi connectivity index (χ1v) is 6.76. The van der Waals surface area contributed by atoms with Gasteiger partial charge >= 0.3 is 0 Å². The van der Waals surface area contributed by atoms with Crippen LogP contribution in [0.1, 0.15) is 5.56 Å². The molecule has 0 unspecified atom stereocenters. The number of fused-ring (bicyclic) bond motifs is 1. The standard InChI is InChI=1S/C16H12FN3S/c17-12-4-2-6-14(15(12)16(18)21)20-13-5-1-3-10-7-8-19-9-11(10)13/h1-9,20H,(H2,18,21). The number of halogens is 1. The van der Waals surface area contributed by atoms with Gasteiger partial charge in [-0.05, 0) is 29.7 Å². The van der Waals surface area contributed by atoms with E-state index in [0.29, 0.717) is 5.69 Å².